The Hall–Kier alpha value is -1.32. The molecule has 1 atom stereocenters. The zero-order chi connectivity index (χ0) is 9.84. The maximum Gasteiger partial charge on any atom is 0.307 e. The standard InChI is InChI=1S/C9H14N2O2/c1-7-5-10-11(6-7)8(2)4-9(12)13-3/h5-6,8H,4H2,1-3H3. The first-order valence-electron chi connectivity index (χ1n) is 4.21. The van der Waals surface area contributed by atoms with Gasteiger partial charge in [-0.05, 0) is 19.4 Å². The van der Waals surface area contributed by atoms with Gasteiger partial charge in [0.05, 0.1) is 25.8 Å². The highest BCUT2D eigenvalue weighted by molar-refractivity contribution is 5.69. The Morgan fingerprint density at radius 1 is 1.77 bits per heavy atom. The van der Waals surface area contributed by atoms with Crippen LogP contribution in [0.3, 0.4) is 0 Å². The van der Waals surface area contributed by atoms with E-state index in [1.54, 1.807) is 10.9 Å². The molecule has 0 aliphatic heterocycles. The van der Waals surface area contributed by atoms with Gasteiger partial charge in [-0.1, -0.05) is 0 Å². The van der Waals surface area contributed by atoms with Crippen molar-refractivity contribution in [2.45, 2.75) is 26.3 Å². The van der Waals surface area contributed by atoms with Crippen LogP contribution in [0.1, 0.15) is 24.9 Å². The molecule has 0 bridgehead atoms. The van der Waals surface area contributed by atoms with Crippen LogP contribution in [0.5, 0.6) is 0 Å². The number of methoxy groups -OCH3 is 1. The first-order valence-corrected chi connectivity index (χ1v) is 4.21. The van der Waals surface area contributed by atoms with E-state index in [1.165, 1.54) is 7.11 Å². The zero-order valence-electron chi connectivity index (χ0n) is 8.15. The Balaban J connectivity index is 2.58. The minimum Gasteiger partial charge on any atom is -0.469 e. The number of hydrogen-bond donors (Lipinski definition) is 0. The van der Waals surface area contributed by atoms with Crippen molar-refractivity contribution in [3.63, 3.8) is 0 Å². The summed E-state index contributed by atoms with van der Waals surface area (Å²) in [5.74, 6) is -0.208. The molecule has 4 heteroatoms. The third-order valence-electron chi connectivity index (χ3n) is 1.87. The van der Waals surface area contributed by atoms with Crippen LogP contribution < -0.4 is 0 Å². The fourth-order valence-corrected chi connectivity index (χ4v) is 1.09. The highest BCUT2D eigenvalue weighted by atomic mass is 16.5. The molecule has 13 heavy (non-hydrogen) atoms. The number of rotatable bonds is 3. The molecule has 1 aromatic heterocycles. The second-order valence-corrected chi connectivity index (χ2v) is 3.13. The van der Waals surface area contributed by atoms with Crippen molar-refractivity contribution in [3.05, 3.63) is 18.0 Å². The lowest BCUT2D eigenvalue weighted by Gasteiger charge is -2.09. The van der Waals surface area contributed by atoms with E-state index in [9.17, 15) is 4.79 Å². The molecule has 0 aliphatic rings. The van der Waals surface area contributed by atoms with Crippen LogP contribution in [0.2, 0.25) is 0 Å². The molecule has 0 fully saturated rings. The van der Waals surface area contributed by atoms with Crippen molar-refractivity contribution >= 4 is 5.97 Å². The van der Waals surface area contributed by atoms with Crippen LogP contribution in [0.15, 0.2) is 12.4 Å². The fourth-order valence-electron chi connectivity index (χ4n) is 1.09. The van der Waals surface area contributed by atoms with Gasteiger partial charge in [-0.15, -0.1) is 0 Å². The molecule has 0 saturated carbocycles. The first kappa shape index (κ1) is 9.77. The summed E-state index contributed by atoms with van der Waals surface area (Å²) in [6.45, 7) is 3.90. The average Bonchev–Trinajstić information content (AvgIpc) is 2.51. The second-order valence-electron chi connectivity index (χ2n) is 3.13. The lowest BCUT2D eigenvalue weighted by atomic mass is 10.2. The topological polar surface area (TPSA) is 44.1 Å². The molecule has 0 aromatic carbocycles. The minimum atomic E-state index is -0.208. The van der Waals surface area contributed by atoms with E-state index in [1.807, 2.05) is 20.0 Å². The van der Waals surface area contributed by atoms with E-state index in [0.717, 1.165) is 5.56 Å². The molecule has 0 saturated heterocycles. The summed E-state index contributed by atoms with van der Waals surface area (Å²) in [7, 11) is 1.39. The highest BCUT2D eigenvalue weighted by Gasteiger charge is 2.10. The van der Waals surface area contributed by atoms with Crippen LogP contribution in [0.25, 0.3) is 0 Å². The van der Waals surface area contributed by atoms with Gasteiger partial charge in [-0.3, -0.25) is 9.48 Å². The molecule has 0 N–H and O–H groups in total. The molecular formula is C9H14N2O2. The highest BCUT2D eigenvalue weighted by Crippen LogP contribution is 2.10. The minimum absolute atomic E-state index is 0.0566. The van der Waals surface area contributed by atoms with Crippen molar-refractivity contribution in [1.29, 1.82) is 0 Å². The molecule has 0 spiro atoms. The van der Waals surface area contributed by atoms with Gasteiger partial charge in [0.2, 0.25) is 0 Å². The van der Waals surface area contributed by atoms with Gasteiger partial charge < -0.3 is 4.74 Å². The zero-order valence-corrected chi connectivity index (χ0v) is 8.15. The van der Waals surface area contributed by atoms with E-state index in [4.69, 9.17) is 0 Å². The quantitative estimate of drug-likeness (QED) is 0.662. The summed E-state index contributed by atoms with van der Waals surface area (Å²) in [6.07, 6.45) is 4.04. The average molecular weight is 182 g/mol. The molecule has 0 radical (unpaired) electrons. The largest absolute Gasteiger partial charge is 0.469 e. The van der Waals surface area contributed by atoms with Crippen LogP contribution in [0.4, 0.5) is 0 Å². The lowest BCUT2D eigenvalue weighted by Crippen LogP contribution is -2.12. The number of esters is 1. The maximum atomic E-state index is 10.9. The number of aryl methyl sites for hydroxylation is 1. The monoisotopic (exact) mass is 182 g/mol. The predicted octanol–water partition coefficient (Wildman–Crippen LogP) is 1.32. The summed E-state index contributed by atoms with van der Waals surface area (Å²) in [4.78, 5) is 10.9. The van der Waals surface area contributed by atoms with Crippen molar-refractivity contribution in [3.8, 4) is 0 Å². The van der Waals surface area contributed by atoms with Crippen molar-refractivity contribution in [2.24, 2.45) is 0 Å². The molecule has 1 heterocycles. The lowest BCUT2D eigenvalue weighted by molar-refractivity contribution is -0.141. The first-order chi connectivity index (χ1) is 6.13. The Bertz CT molecular complexity index is 294. The van der Waals surface area contributed by atoms with Crippen molar-refractivity contribution < 1.29 is 9.53 Å². The number of aromatic nitrogens is 2. The van der Waals surface area contributed by atoms with E-state index in [-0.39, 0.29) is 12.0 Å². The van der Waals surface area contributed by atoms with E-state index >= 15 is 0 Å². The Morgan fingerprint density at radius 3 is 2.92 bits per heavy atom. The SMILES string of the molecule is COC(=O)CC(C)n1cc(C)cn1. The number of carbonyl (C=O) groups is 1. The number of hydrogen-bond acceptors (Lipinski definition) is 3. The van der Waals surface area contributed by atoms with E-state index in [0.29, 0.717) is 6.42 Å². The third kappa shape index (κ3) is 2.57. The number of ether oxygens (including phenoxy) is 1. The maximum absolute atomic E-state index is 10.9. The van der Waals surface area contributed by atoms with Crippen molar-refractivity contribution in [1.82, 2.24) is 9.78 Å². The number of nitrogens with zero attached hydrogens (tertiary/aromatic N) is 2. The van der Waals surface area contributed by atoms with Crippen LogP contribution >= 0.6 is 0 Å². The van der Waals surface area contributed by atoms with Gasteiger partial charge in [0.15, 0.2) is 0 Å². The summed E-state index contributed by atoms with van der Waals surface area (Å²) in [6, 6.07) is 0.0566. The second kappa shape index (κ2) is 4.07. The summed E-state index contributed by atoms with van der Waals surface area (Å²) in [5, 5.41) is 4.11. The third-order valence-corrected chi connectivity index (χ3v) is 1.87. The summed E-state index contributed by atoms with van der Waals surface area (Å²) < 4.78 is 6.34. The van der Waals surface area contributed by atoms with Gasteiger partial charge in [0, 0.05) is 6.20 Å². The van der Waals surface area contributed by atoms with Gasteiger partial charge in [0.25, 0.3) is 0 Å². The van der Waals surface area contributed by atoms with E-state index in [2.05, 4.69) is 9.84 Å². The molecule has 0 amide bonds. The molecule has 1 unspecified atom stereocenters. The van der Waals surface area contributed by atoms with Crippen LogP contribution in [-0.2, 0) is 9.53 Å². The van der Waals surface area contributed by atoms with Gasteiger partial charge in [0.1, 0.15) is 0 Å². The van der Waals surface area contributed by atoms with Gasteiger partial charge in [-0.2, -0.15) is 5.10 Å². The molecule has 1 rings (SSSR count). The Morgan fingerprint density at radius 2 is 2.46 bits per heavy atom. The molecule has 0 aliphatic carbocycles. The van der Waals surface area contributed by atoms with Gasteiger partial charge >= 0.3 is 5.97 Å². The van der Waals surface area contributed by atoms with E-state index < -0.39 is 0 Å². The molecule has 1 aromatic rings. The predicted molar refractivity (Wildman–Crippen MR) is 48.3 cm³/mol. The normalized spacial score (nSPS) is 12.5. The van der Waals surface area contributed by atoms with Crippen LogP contribution in [-0.4, -0.2) is 22.9 Å². The Labute approximate surface area is 77.5 Å². The fraction of sp³-hybridized carbons (Fsp3) is 0.556. The Kier molecular flexibility index (Phi) is 3.06. The smallest absolute Gasteiger partial charge is 0.307 e. The molecule has 4 nitrogen and oxygen atoms in total. The number of carbonyl (C=O) groups excluding carboxylic acids is 1. The van der Waals surface area contributed by atoms with Crippen molar-refractivity contribution in [2.75, 3.05) is 7.11 Å². The molecular weight excluding hydrogens is 168 g/mol. The summed E-state index contributed by atoms with van der Waals surface area (Å²) in [5.41, 5.74) is 1.09. The summed E-state index contributed by atoms with van der Waals surface area (Å²) >= 11 is 0. The molecule has 72 valence electrons. The van der Waals surface area contributed by atoms with Gasteiger partial charge in [-0.25, -0.2) is 0 Å². The van der Waals surface area contributed by atoms with Crippen LogP contribution in [0, 0.1) is 6.92 Å².